The van der Waals surface area contributed by atoms with Gasteiger partial charge in [-0.2, -0.15) is 0 Å². The second kappa shape index (κ2) is 3.72. The van der Waals surface area contributed by atoms with Crippen LogP contribution < -0.4 is 0 Å². The minimum absolute atomic E-state index is 0.408. The molecule has 0 aromatic carbocycles. The molecule has 1 fully saturated rings. The first-order valence-electron chi connectivity index (χ1n) is 4.53. The topological polar surface area (TPSA) is 0 Å². The third-order valence-electron chi connectivity index (χ3n) is 2.53. The maximum Gasteiger partial charge on any atom is 0.0589 e. The lowest BCUT2D eigenvalue weighted by molar-refractivity contribution is 0.646. The van der Waals surface area contributed by atoms with E-state index in [1.54, 1.807) is 12.3 Å². The van der Waals surface area contributed by atoms with Crippen LogP contribution in [0.3, 0.4) is 0 Å². The molecule has 0 amide bonds. The zero-order valence-electron chi connectivity index (χ0n) is 7.40. The largest absolute Gasteiger partial charge is 0.0589 e. The first kappa shape index (κ1) is 8.53. The van der Waals surface area contributed by atoms with Gasteiger partial charge in [-0.3, -0.25) is 0 Å². The fourth-order valence-electron chi connectivity index (χ4n) is 1.72. The van der Waals surface area contributed by atoms with Crippen LogP contribution in [0.1, 0.15) is 32.1 Å². The summed E-state index contributed by atoms with van der Waals surface area (Å²) < 4.78 is 0. The molecular formula is C9H20P+. The summed E-state index contributed by atoms with van der Waals surface area (Å²) in [5.41, 5.74) is 0. The van der Waals surface area contributed by atoms with Crippen LogP contribution in [0.5, 0.6) is 0 Å². The zero-order chi connectivity index (χ0) is 7.45. The Morgan fingerprint density at radius 3 is 1.60 bits per heavy atom. The van der Waals surface area contributed by atoms with E-state index in [-0.39, 0.29) is 0 Å². The average molecular weight is 159 g/mol. The van der Waals surface area contributed by atoms with Crippen LogP contribution in [-0.2, 0) is 0 Å². The molecule has 60 valence electrons. The molecule has 1 heteroatoms. The number of rotatable bonds is 0. The SMILES string of the molecule is C[P+]1(C)CCCCCCC1. The Morgan fingerprint density at radius 2 is 1.10 bits per heavy atom. The highest BCUT2D eigenvalue weighted by molar-refractivity contribution is 7.74. The third-order valence-corrected chi connectivity index (χ3v) is 5.58. The molecule has 0 nitrogen and oxygen atoms in total. The van der Waals surface area contributed by atoms with Crippen molar-refractivity contribution in [3.8, 4) is 0 Å². The molecule has 0 saturated carbocycles. The second-order valence-electron chi connectivity index (χ2n) is 4.15. The van der Waals surface area contributed by atoms with Gasteiger partial charge in [0.25, 0.3) is 0 Å². The van der Waals surface area contributed by atoms with Gasteiger partial charge in [0.15, 0.2) is 0 Å². The van der Waals surface area contributed by atoms with Crippen LogP contribution in [0.15, 0.2) is 0 Å². The molecule has 0 spiro atoms. The van der Waals surface area contributed by atoms with Gasteiger partial charge in [-0.05, 0) is 25.7 Å². The second-order valence-corrected chi connectivity index (χ2v) is 8.92. The summed E-state index contributed by atoms with van der Waals surface area (Å²) in [6.07, 6.45) is 10.7. The molecule has 1 rings (SSSR count). The monoisotopic (exact) mass is 159 g/mol. The molecule has 1 heterocycles. The summed E-state index contributed by atoms with van der Waals surface area (Å²) in [7, 11) is -0.408. The fraction of sp³-hybridized carbons (Fsp3) is 1.00. The summed E-state index contributed by atoms with van der Waals surface area (Å²) in [4.78, 5) is 0. The van der Waals surface area contributed by atoms with Crippen molar-refractivity contribution >= 4 is 7.26 Å². The zero-order valence-corrected chi connectivity index (χ0v) is 8.29. The molecule has 0 aromatic heterocycles. The van der Waals surface area contributed by atoms with Gasteiger partial charge in [-0.1, -0.05) is 6.42 Å². The Balaban J connectivity index is 2.30. The van der Waals surface area contributed by atoms with Crippen molar-refractivity contribution in [3.05, 3.63) is 0 Å². The predicted molar refractivity (Wildman–Crippen MR) is 51.6 cm³/mol. The van der Waals surface area contributed by atoms with Crippen molar-refractivity contribution in [1.82, 2.24) is 0 Å². The summed E-state index contributed by atoms with van der Waals surface area (Å²) >= 11 is 0. The summed E-state index contributed by atoms with van der Waals surface area (Å²) in [6, 6.07) is 0. The summed E-state index contributed by atoms with van der Waals surface area (Å²) in [5, 5.41) is 0. The molecule has 1 aliphatic heterocycles. The van der Waals surface area contributed by atoms with Gasteiger partial charge >= 0.3 is 0 Å². The van der Waals surface area contributed by atoms with E-state index in [2.05, 4.69) is 13.3 Å². The van der Waals surface area contributed by atoms with Crippen LogP contribution in [0, 0.1) is 0 Å². The van der Waals surface area contributed by atoms with Crippen molar-refractivity contribution in [2.24, 2.45) is 0 Å². The lowest BCUT2D eigenvalue weighted by atomic mass is 10.2. The van der Waals surface area contributed by atoms with Gasteiger partial charge < -0.3 is 0 Å². The fourth-order valence-corrected chi connectivity index (χ4v) is 4.10. The molecule has 0 bridgehead atoms. The van der Waals surface area contributed by atoms with E-state index in [0.717, 1.165) is 0 Å². The van der Waals surface area contributed by atoms with E-state index >= 15 is 0 Å². The van der Waals surface area contributed by atoms with Crippen LogP contribution in [-0.4, -0.2) is 25.7 Å². The van der Waals surface area contributed by atoms with E-state index in [9.17, 15) is 0 Å². The van der Waals surface area contributed by atoms with E-state index in [1.807, 2.05) is 0 Å². The molecule has 0 N–H and O–H groups in total. The van der Waals surface area contributed by atoms with Crippen molar-refractivity contribution in [2.75, 3.05) is 25.7 Å². The molecule has 1 aliphatic rings. The minimum Gasteiger partial charge on any atom is -0.0530 e. The van der Waals surface area contributed by atoms with Crippen LogP contribution >= 0.6 is 7.26 Å². The number of hydrogen-bond acceptors (Lipinski definition) is 0. The van der Waals surface area contributed by atoms with Crippen molar-refractivity contribution in [2.45, 2.75) is 32.1 Å². The average Bonchev–Trinajstić information content (AvgIpc) is 1.81. The van der Waals surface area contributed by atoms with Gasteiger partial charge in [0.1, 0.15) is 0 Å². The Morgan fingerprint density at radius 1 is 0.700 bits per heavy atom. The molecule has 1 saturated heterocycles. The smallest absolute Gasteiger partial charge is 0.0530 e. The molecule has 10 heavy (non-hydrogen) atoms. The van der Waals surface area contributed by atoms with Gasteiger partial charge in [-0.15, -0.1) is 0 Å². The summed E-state index contributed by atoms with van der Waals surface area (Å²) in [6.45, 7) is 5.05. The minimum atomic E-state index is -0.408. The predicted octanol–water partition coefficient (Wildman–Crippen LogP) is 3.23. The van der Waals surface area contributed by atoms with Gasteiger partial charge in [0, 0.05) is 20.6 Å². The highest BCUT2D eigenvalue weighted by Gasteiger charge is 2.24. The molecule has 0 unspecified atom stereocenters. The normalized spacial score (nSPS) is 27.0. The quantitative estimate of drug-likeness (QED) is 0.476. The van der Waals surface area contributed by atoms with Crippen LogP contribution in [0.25, 0.3) is 0 Å². The number of hydrogen-bond donors (Lipinski definition) is 0. The maximum absolute atomic E-state index is 2.53. The molecule has 0 aliphatic carbocycles. The van der Waals surface area contributed by atoms with E-state index in [4.69, 9.17) is 0 Å². The van der Waals surface area contributed by atoms with Gasteiger partial charge in [0.05, 0.1) is 12.3 Å². The van der Waals surface area contributed by atoms with Crippen molar-refractivity contribution < 1.29 is 0 Å². The highest BCUT2D eigenvalue weighted by Crippen LogP contribution is 2.53. The third kappa shape index (κ3) is 3.01. The first-order chi connectivity index (χ1) is 4.71. The Labute approximate surface area is 65.7 Å². The van der Waals surface area contributed by atoms with E-state index in [0.29, 0.717) is 0 Å². The van der Waals surface area contributed by atoms with E-state index < -0.39 is 7.26 Å². The summed E-state index contributed by atoms with van der Waals surface area (Å²) in [5.74, 6) is 0. The van der Waals surface area contributed by atoms with E-state index in [1.165, 1.54) is 32.1 Å². The van der Waals surface area contributed by atoms with Crippen molar-refractivity contribution in [1.29, 1.82) is 0 Å². The molecule has 0 radical (unpaired) electrons. The molecule has 0 atom stereocenters. The van der Waals surface area contributed by atoms with Crippen LogP contribution in [0.2, 0.25) is 0 Å². The van der Waals surface area contributed by atoms with Gasteiger partial charge in [0.2, 0.25) is 0 Å². The molecule has 0 aromatic rings. The Kier molecular flexibility index (Phi) is 3.17. The lowest BCUT2D eigenvalue weighted by Gasteiger charge is -2.20. The van der Waals surface area contributed by atoms with Crippen molar-refractivity contribution in [3.63, 3.8) is 0 Å². The maximum atomic E-state index is 2.53. The van der Waals surface area contributed by atoms with Gasteiger partial charge in [-0.25, -0.2) is 0 Å². The molecular weight excluding hydrogens is 139 g/mol. The standard InChI is InChI=1S/C9H20P/c1-10(2)8-6-4-3-5-7-9-10/h3-9H2,1-2H3/q+1. The van der Waals surface area contributed by atoms with Crippen LogP contribution in [0.4, 0.5) is 0 Å². The first-order valence-corrected chi connectivity index (χ1v) is 7.58. The lowest BCUT2D eigenvalue weighted by Crippen LogP contribution is -2.03. The highest BCUT2D eigenvalue weighted by atomic mass is 31.2. The Hall–Kier alpha value is 0.430. The Bertz CT molecular complexity index is 86.9.